The van der Waals surface area contributed by atoms with Crippen LogP contribution in [-0.4, -0.2) is 22.1 Å². The van der Waals surface area contributed by atoms with Gasteiger partial charge in [0.05, 0.1) is 42.7 Å². The predicted molar refractivity (Wildman–Crippen MR) is 91.4 cm³/mol. The molecule has 0 radical (unpaired) electrons. The maximum absolute atomic E-state index is 13.1. The minimum Gasteiger partial charge on any atom is -0.497 e. The van der Waals surface area contributed by atoms with E-state index in [1.807, 2.05) is 6.07 Å². The molecule has 0 aliphatic rings. The standard InChI is InChI=1S/C18H14F3N5O/c1-27-15-5-3-14(4-6-15)26-11-13(24-25-26)10-23-17-8-12(9-22)2-7-16(17)18(19,20)21/h2-8,11,23H,10H2,1H3. The predicted octanol–water partition coefficient (Wildman–Crippen LogP) is 3.78. The Labute approximate surface area is 152 Å². The van der Waals surface area contributed by atoms with E-state index in [0.717, 1.165) is 23.9 Å². The smallest absolute Gasteiger partial charge is 0.418 e. The number of ether oxygens (including phenoxy) is 1. The van der Waals surface area contributed by atoms with Gasteiger partial charge < -0.3 is 10.1 Å². The molecule has 9 heteroatoms. The van der Waals surface area contributed by atoms with Crippen LogP contribution in [0.3, 0.4) is 0 Å². The second-order valence-electron chi connectivity index (χ2n) is 5.58. The molecule has 0 bridgehead atoms. The lowest BCUT2D eigenvalue weighted by Crippen LogP contribution is -2.11. The number of nitrogens with zero attached hydrogens (tertiary/aromatic N) is 4. The Kier molecular flexibility index (Phi) is 4.98. The van der Waals surface area contributed by atoms with Crippen molar-refractivity contribution < 1.29 is 17.9 Å². The van der Waals surface area contributed by atoms with Crippen molar-refractivity contribution in [2.24, 2.45) is 0 Å². The molecule has 1 aromatic heterocycles. The number of alkyl halides is 3. The van der Waals surface area contributed by atoms with Crippen molar-refractivity contribution in [1.29, 1.82) is 5.26 Å². The number of nitriles is 1. The van der Waals surface area contributed by atoms with Crippen LogP contribution in [0, 0.1) is 11.3 Å². The normalized spacial score (nSPS) is 11.1. The van der Waals surface area contributed by atoms with Crippen molar-refractivity contribution in [1.82, 2.24) is 15.0 Å². The Balaban J connectivity index is 1.78. The molecule has 1 heterocycles. The fourth-order valence-corrected chi connectivity index (χ4v) is 2.43. The third-order valence-electron chi connectivity index (χ3n) is 3.79. The van der Waals surface area contributed by atoms with Crippen molar-refractivity contribution in [3.63, 3.8) is 0 Å². The molecule has 0 saturated heterocycles. The van der Waals surface area contributed by atoms with Gasteiger partial charge in [-0.1, -0.05) is 5.21 Å². The van der Waals surface area contributed by atoms with E-state index in [0.29, 0.717) is 11.4 Å². The van der Waals surface area contributed by atoms with Gasteiger partial charge in [0.2, 0.25) is 0 Å². The van der Waals surface area contributed by atoms with E-state index >= 15 is 0 Å². The van der Waals surface area contributed by atoms with Crippen LogP contribution in [0.4, 0.5) is 18.9 Å². The number of nitrogens with one attached hydrogen (secondary N) is 1. The molecular formula is C18H14F3N5O. The second kappa shape index (κ2) is 7.37. The van der Waals surface area contributed by atoms with E-state index in [4.69, 9.17) is 10.00 Å². The van der Waals surface area contributed by atoms with Crippen LogP contribution in [-0.2, 0) is 12.7 Å². The first-order chi connectivity index (χ1) is 12.9. The van der Waals surface area contributed by atoms with Gasteiger partial charge in [-0.25, -0.2) is 4.68 Å². The van der Waals surface area contributed by atoms with Crippen molar-refractivity contribution in [2.75, 3.05) is 12.4 Å². The molecule has 2 aromatic carbocycles. The molecule has 0 amide bonds. The number of halogens is 3. The second-order valence-corrected chi connectivity index (χ2v) is 5.58. The van der Waals surface area contributed by atoms with E-state index in [1.165, 1.54) is 4.68 Å². The SMILES string of the molecule is COc1ccc(-n2cc(CNc3cc(C#N)ccc3C(F)(F)F)nn2)cc1. The fourth-order valence-electron chi connectivity index (χ4n) is 2.43. The Morgan fingerprint density at radius 1 is 1.19 bits per heavy atom. The summed E-state index contributed by atoms with van der Waals surface area (Å²) in [5, 5.41) is 19.5. The highest BCUT2D eigenvalue weighted by atomic mass is 19.4. The largest absolute Gasteiger partial charge is 0.497 e. The monoisotopic (exact) mass is 373 g/mol. The third-order valence-corrected chi connectivity index (χ3v) is 3.79. The molecule has 138 valence electrons. The summed E-state index contributed by atoms with van der Waals surface area (Å²) in [7, 11) is 1.56. The topological polar surface area (TPSA) is 75.8 Å². The highest BCUT2D eigenvalue weighted by molar-refractivity contribution is 5.57. The zero-order chi connectivity index (χ0) is 19.4. The average Bonchev–Trinajstić information content (AvgIpc) is 3.14. The van der Waals surface area contributed by atoms with Crippen LogP contribution in [0.15, 0.2) is 48.7 Å². The van der Waals surface area contributed by atoms with Crippen molar-refractivity contribution in [3.8, 4) is 17.5 Å². The first kappa shape index (κ1) is 18.3. The van der Waals surface area contributed by atoms with E-state index < -0.39 is 11.7 Å². The van der Waals surface area contributed by atoms with Crippen molar-refractivity contribution in [2.45, 2.75) is 12.7 Å². The van der Waals surface area contributed by atoms with Crippen LogP contribution >= 0.6 is 0 Å². The molecule has 0 saturated carbocycles. The van der Waals surface area contributed by atoms with Crippen molar-refractivity contribution >= 4 is 5.69 Å². The van der Waals surface area contributed by atoms with E-state index in [9.17, 15) is 13.2 Å². The lowest BCUT2D eigenvalue weighted by molar-refractivity contribution is -0.137. The maximum atomic E-state index is 13.1. The molecule has 3 rings (SSSR count). The summed E-state index contributed by atoms with van der Waals surface area (Å²) in [6, 6.07) is 12.1. The molecule has 0 aliphatic heterocycles. The molecule has 0 unspecified atom stereocenters. The number of hydrogen-bond acceptors (Lipinski definition) is 5. The molecule has 0 fully saturated rings. The lowest BCUT2D eigenvalue weighted by atomic mass is 10.1. The van der Waals surface area contributed by atoms with Gasteiger partial charge in [0.1, 0.15) is 11.4 Å². The zero-order valence-electron chi connectivity index (χ0n) is 14.2. The fraction of sp³-hybridized carbons (Fsp3) is 0.167. The summed E-state index contributed by atoms with van der Waals surface area (Å²) in [5.41, 5.74) is 0.287. The number of methoxy groups -OCH3 is 1. The highest BCUT2D eigenvalue weighted by Gasteiger charge is 2.33. The summed E-state index contributed by atoms with van der Waals surface area (Å²) in [6.45, 7) is 0.0219. The van der Waals surface area contributed by atoms with Gasteiger partial charge in [-0.05, 0) is 42.5 Å². The number of rotatable bonds is 5. The van der Waals surface area contributed by atoms with Gasteiger partial charge in [-0.15, -0.1) is 5.10 Å². The molecule has 27 heavy (non-hydrogen) atoms. The number of hydrogen-bond donors (Lipinski definition) is 1. The number of anilines is 1. The van der Waals surface area contributed by atoms with Crippen LogP contribution in [0.25, 0.3) is 5.69 Å². The third kappa shape index (κ3) is 4.17. The minimum absolute atomic E-state index is 0.0219. The van der Waals surface area contributed by atoms with Gasteiger partial charge in [-0.2, -0.15) is 18.4 Å². The van der Waals surface area contributed by atoms with E-state index in [2.05, 4.69) is 15.6 Å². The minimum atomic E-state index is -4.53. The maximum Gasteiger partial charge on any atom is 0.418 e. The van der Waals surface area contributed by atoms with Crippen LogP contribution < -0.4 is 10.1 Å². The summed E-state index contributed by atoms with van der Waals surface area (Å²) in [4.78, 5) is 0. The number of benzene rings is 2. The first-order valence-electron chi connectivity index (χ1n) is 7.81. The van der Waals surface area contributed by atoms with Crippen LogP contribution in [0.2, 0.25) is 0 Å². The van der Waals surface area contributed by atoms with E-state index in [-0.39, 0.29) is 17.8 Å². The quantitative estimate of drug-likeness (QED) is 0.737. The molecule has 1 N–H and O–H groups in total. The Hall–Kier alpha value is -3.54. The van der Waals surface area contributed by atoms with Gasteiger partial charge in [-0.3, -0.25) is 0 Å². The molecule has 0 atom stereocenters. The first-order valence-corrected chi connectivity index (χ1v) is 7.81. The van der Waals surface area contributed by atoms with Gasteiger partial charge in [0.15, 0.2) is 0 Å². The summed E-state index contributed by atoms with van der Waals surface area (Å²) in [6.07, 6.45) is -2.92. The lowest BCUT2D eigenvalue weighted by Gasteiger charge is -2.14. The van der Waals surface area contributed by atoms with Crippen LogP contribution in [0.1, 0.15) is 16.8 Å². The Bertz CT molecular complexity index is 974. The average molecular weight is 373 g/mol. The Morgan fingerprint density at radius 3 is 2.56 bits per heavy atom. The molecule has 0 aliphatic carbocycles. The van der Waals surface area contributed by atoms with Crippen LogP contribution in [0.5, 0.6) is 5.75 Å². The molecule has 6 nitrogen and oxygen atoms in total. The summed E-state index contributed by atoms with van der Waals surface area (Å²) in [5.74, 6) is 0.692. The number of aromatic nitrogens is 3. The summed E-state index contributed by atoms with van der Waals surface area (Å²) >= 11 is 0. The van der Waals surface area contributed by atoms with Gasteiger partial charge >= 0.3 is 6.18 Å². The molecule has 0 spiro atoms. The van der Waals surface area contributed by atoms with Gasteiger partial charge in [0.25, 0.3) is 0 Å². The van der Waals surface area contributed by atoms with Gasteiger partial charge in [0, 0.05) is 5.69 Å². The molecule has 3 aromatic rings. The Morgan fingerprint density at radius 2 is 1.93 bits per heavy atom. The van der Waals surface area contributed by atoms with Crippen molar-refractivity contribution in [3.05, 3.63) is 65.5 Å². The van der Waals surface area contributed by atoms with E-state index in [1.54, 1.807) is 37.6 Å². The zero-order valence-corrected chi connectivity index (χ0v) is 14.2. The molecular weight excluding hydrogens is 359 g/mol. The summed E-state index contributed by atoms with van der Waals surface area (Å²) < 4.78 is 46.0. The highest BCUT2D eigenvalue weighted by Crippen LogP contribution is 2.35.